The standard InChI is InChI=1S/C6H14OS/c1-3-6(8)4-5(2)7/h5-8H,3-4H2,1-2H3. The van der Waals surface area contributed by atoms with Gasteiger partial charge in [-0.15, -0.1) is 0 Å². The Balaban J connectivity index is 3.10. The van der Waals surface area contributed by atoms with Crippen molar-refractivity contribution in [2.45, 2.75) is 38.0 Å². The molecule has 0 saturated carbocycles. The number of hydrogen-bond donors (Lipinski definition) is 2. The summed E-state index contributed by atoms with van der Waals surface area (Å²) in [6.45, 7) is 3.86. The molecule has 0 rings (SSSR count). The number of rotatable bonds is 3. The number of aliphatic hydroxyl groups excluding tert-OH is 1. The summed E-state index contributed by atoms with van der Waals surface area (Å²) in [5, 5.41) is 9.18. The van der Waals surface area contributed by atoms with E-state index in [1.54, 1.807) is 6.92 Å². The van der Waals surface area contributed by atoms with E-state index in [0.717, 1.165) is 12.8 Å². The molecule has 8 heavy (non-hydrogen) atoms. The molecule has 0 aromatic carbocycles. The lowest BCUT2D eigenvalue weighted by atomic mass is 10.2. The second-order valence-electron chi connectivity index (χ2n) is 2.15. The zero-order chi connectivity index (χ0) is 6.57. The van der Waals surface area contributed by atoms with Gasteiger partial charge in [0.05, 0.1) is 6.10 Å². The van der Waals surface area contributed by atoms with E-state index >= 15 is 0 Å². The molecule has 0 saturated heterocycles. The van der Waals surface area contributed by atoms with E-state index in [4.69, 9.17) is 5.11 Å². The zero-order valence-corrected chi connectivity index (χ0v) is 6.36. The summed E-state index contributed by atoms with van der Waals surface area (Å²) in [6.07, 6.45) is 1.64. The molecule has 0 aliphatic rings. The largest absolute Gasteiger partial charge is 0.393 e. The lowest BCUT2D eigenvalue weighted by Gasteiger charge is -2.08. The molecule has 0 spiro atoms. The van der Waals surface area contributed by atoms with E-state index < -0.39 is 0 Å². The van der Waals surface area contributed by atoms with Crippen LogP contribution in [0.1, 0.15) is 26.7 Å². The van der Waals surface area contributed by atoms with Gasteiger partial charge in [0.2, 0.25) is 0 Å². The van der Waals surface area contributed by atoms with Gasteiger partial charge in [0, 0.05) is 5.25 Å². The fraction of sp³-hybridized carbons (Fsp3) is 1.00. The third-order valence-corrected chi connectivity index (χ3v) is 1.66. The van der Waals surface area contributed by atoms with Crippen molar-refractivity contribution < 1.29 is 5.11 Å². The predicted octanol–water partition coefficient (Wildman–Crippen LogP) is 1.47. The van der Waals surface area contributed by atoms with Gasteiger partial charge in [0.1, 0.15) is 0 Å². The molecule has 2 heteroatoms. The van der Waals surface area contributed by atoms with Crippen LogP contribution in [0.2, 0.25) is 0 Å². The molecule has 0 radical (unpaired) electrons. The quantitative estimate of drug-likeness (QED) is 0.560. The Morgan fingerprint density at radius 3 is 2.25 bits per heavy atom. The van der Waals surface area contributed by atoms with Gasteiger partial charge in [-0.05, 0) is 19.8 Å². The molecule has 0 amide bonds. The fourth-order valence-corrected chi connectivity index (χ4v) is 0.866. The van der Waals surface area contributed by atoms with Crippen LogP contribution in [-0.2, 0) is 0 Å². The van der Waals surface area contributed by atoms with Gasteiger partial charge < -0.3 is 5.11 Å². The maximum absolute atomic E-state index is 8.80. The highest BCUT2D eigenvalue weighted by Crippen LogP contribution is 2.07. The number of aliphatic hydroxyl groups is 1. The Kier molecular flexibility index (Phi) is 4.38. The third-order valence-electron chi connectivity index (χ3n) is 1.08. The van der Waals surface area contributed by atoms with Gasteiger partial charge in [-0.2, -0.15) is 12.6 Å². The molecule has 2 unspecified atom stereocenters. The van der Waals surface area contributed by atoms with Crippen LogP contribution in [0.15, 0.2) is 0 Å². The molecule has 0 heterocycles. The average molecular weight is 134 g/mol. The molecule has 0 bridgehead atoms. The molecule has 0 aromatic rings. The predicted molar refractivity (Wildman–Crippen MR) is 39.4 cm³/mol. The van der Waals surface area contributed by atoms with Crippen LogP contribution in [-0.4, -0.2) is 16.5 Å². The van der Waals surface area contributed by atoms with Crippen molar-refractivity contribution in [3.63, 3.8) is 0 Å². The fourth-order valence-electron chi connectivity index (χ4n) is 0.560. The van der Waals surface area contributed by atoms with Gasteiger partial charge >= 0.3 is 0 Å². The minimum atomic E-state index is -0.197. The van der Waals surface area contributed by atoms with Gasteiger partial charge in [-0.1, -0.05) is 6.92 Å². The topological polar surface area (TPSA) is 20.2 Å². The molecule has 1 N–H and O–H groups in total. The van der Waals surface area contributed by atoms with E-state index in [0.29, 0.717) is 5.25 Å². The molecule has 2 atom stereocenters. The maximum Gasteiger partial charge on any atom is 0.0522 e. The second kappa shape index (κ2) is 4.21. The minimum Gasteiger partial charge on any atom is -0.393 e. The summed E-state index contributed by atoms with van der Waals surface area (Å²) >= 11 is 4.21. The van der Waals surface area contributed by atoms with Gasteiger partial charge in [-0.25, -0.2) is 0 Å². The molecular weight excluding hydrogens is 120 g/mol. The third kappa shape index (κ3) is 4.47. The maximum atomic E-state index is 8.80. The molecule has 0 aliphatic heterocycles. The highest BCUT2D eigenvalue weighted by Gasteiger charge is 2.02. The average Bonchev–Trinajstić information content (AvgIpc) is 1.65. The number of hydrogen-bond acceptors (Lipinski definition) is 2. The monoisotopic (exact) mass is 134 g/mol. The van der Waals surface area contributed by atoms with E-state index in [1.807, 2.05) is 0 Å². The van der Waals surface area contributed by atoms with Gasteiger partial charge in [0.15, 0.2) is 0 Å². The van der Waals surface area contributed by atoms with Crippen molar-refractivity contribution in [3.8, 4) is 0 Å². The molecular formula is C6H14OS. The summed E-state index contributed by atoms with van der Waals surface area (Å²) in [5.41, 5.74) is 0. The molecule has 50 valence electrons. The Hall–Kier alpha value is 0.310. The Bertz CT molecular complexity index is 54.5. The smallest absolute Gasteiger partial charge is 0.0522 e. The van der Waals surface area contributed by atoms with E-state index in [9.17, 15) is 0 Å². The summed E-state index contributed by atoms with van der Waals surface area (Å²) in [6, 6.07) is 0. The SMILES string of the molecule is CCC(S)CC(C)O. The van der Waals surface area contributed by atoms with Crippen LogP contribution in [0.25, 0.3) is 0 Å². The Morgan fingerprint density at radius 1 is 1.62 bits per heavy atom. The lowest BCUT2D eigenvalue weighted by molar-refractivity contribution is 0.183. The number of thiol groups is 1. The zero-order valence-electron chi connectivity index (χ0n) is 5.46. The van der Waals surface area contributed by atoms with E-state index in [2.05, 4.69) is 19.6 Å². The highest BCUT2D eigenvalue weighted by atomic mass is 32.1. The summed E-state index contributed by atoms with van der Waals surface area (Å²) in [7, 11) is 0. The van der Waals surface area contributed by atoms with Gasteiger partial charge in [0.25, 0.3) is 0 Å². The van der Waals surface area contributed by atoms with Crippen molar-refractivity contribution in [3.05, 3.63) is 0 Å². The van der Waals surface area contributed by atoms with E-state index in [1.165, 1.54) is 0 Å². The summed E-state index contributed by atoms with van der Waals surface area (Å²) in [4.78, 5) is 0. The first-order chi connectivity index (χ1) is 3.66. The molecule has 0 aromatic heterocycles. The van der Waals surface area contributed by atoms with Crippen LogP contribution >= 0.6 is 12.6 Å². The lowest BCUT2D eigenvalue weighted by Crippen LogP contribution is -2.08. The highest BCUT2D eigenvalue weighted by molar-refractivity contribution is 7.80. The molecule has 0 fully saturated rings. The van der Waals surface area contributed by atoms with E-state index in [-0.39, 0.29) is 6.10 Å². The molecule has 0 aliphatic carbocycles. The van der Waals surface area contributed by atoms with Crippen molar-refractivity contribution in [2.24, 2.45) is 0 Å². The van der Waals surface area contributed by atoms with Crippen LogP contribution in [0, 0.1) is 0 Å². The molecule has 1 nitrogen and oxygen atoms in total. The first-order valence-corrected chi connectivity index (χ1v) is 3.54. The van der Waals surface area contributed by atoms with Crippen LogP contribution in [0.4, 0.5) is 0 Å². The summed E-state index contributed by atoms with van der Waals surface area (Å²) < 4.78 is 0. The van der Waals surface area contributed by atoms with Crippen molar-refractivity contribution >= 4 is 12.6 Å². The van der Waals surface area contributed by atoms with Crippen molar-refractivity contribution in [1.29, 1.82) is 0 Å². The van der Waals surface area contributed by atoms with Crippen molar-refractivity contribution in [2.75, 3.05) is 0 Å². The Labute approximate surface area is 56.5 Å². The van der Waals surface area contributed by atoms with Crippen LogP contribution < -0.4 is 0 Å². The minimum absolute atomic E-state index is 0.197. The normalized spacial score (nSPS) is 18.0. The summed E-state index contributed by atoms with van der Waals surface area (Å²) in [5.74, 6) is 0. The van der Waals surface area contributed by atoms with Crippen molar-refractivity contribution in [1.82, 2.24) is 0 Å². The van der Waals surface area contributed by atoms with Crippen LogP contribution in [0.5, 0.6) is 0 Å². The first kappa shape index (κ1) is 8.31. The Morgan fingerprint density at radius 2 is 2.12 bits per heavy atom. The second-order valence-corrected chi connectivity index (χ2v) is 2.88. The van der Waals surface area contributed by atoms with Crippen LogP contribution in [0.3, 0.4) is 0 Å². The first-order valence-electron chi connectivity index (χ1n) is 3.03. The van der Waals surface area contributed by atoms with Gasteiger partial charge in [-0.3, -0.25) is 0 Å².